The second-order valence-electron chi connectivity index (χ2n) is 3.00. The number of hydrogen-bond donors (Lipinski definition) is 3. The topological polar surface area (TPSA) is 86.2 Å². The summed E-state index contributed by atoms with van der Waals surface area (Å²) in [5.41, 5.74) is 2.67. The molecule has 0 fully saturated rings. The Morgan fingerprint density at radius 1 is 1.60 bits per heavy atom. The fourth-order valence-electron chi connectivity index (χ4n) is 1.35. The second kappa shape index (κ2) is 3.39. The molecule has 0 atom stereocenters. The average Bonchev–Trinajstić information content (AvgIpc) is 2.71. The minimum atomic E-state index is -1.16. The highest BCUT2D eigenvalue weighted by atomic mass is 32.1. The van der Waals surface area contributed by atoms with Gasteiger partial charge >= 0.3 is 5.97 Å². The number of thiazole rings is 1. The summed E-state index contributed by atoms with van der Waals surface area (Å²) >= 11 is 1.33. The van der Waals surface area contributed by atoms with Gasteiger partial charge in [0.1, 0.15) is 11.3 Å². The maximum atomic E-state index is 10.9. The van der Waals surface area contributed by atoms with Crippen molar-refractivity contribution >= 4 is 17.3 Å². The Labute approximate surface area is 89.0 Å². The van der Waals surface area contributed by atoms with E-state index in [2.05, 4.69) is 9.97 Å². The van der Waals surface area contributed by atoms with Gasteiger partial charge in [-0.1, -0.05) is 0 Å². The molecule has 0 aromatic carbocycles. The molecule has 0 radical (unpaired) electrons. The first-order chi connectivity index (χ1) is 7.11. The lowest BCUT2D eigenvalue weighted by molar-refractivity contribution is 0.0695. The number of aromatic carboxylic acids is 1. The normalized spacial score (nSPS) is 10.5. The summed E-state index contributed by atoms with van der Waals surface area (Å²) in [7, 11) is 0. The molecule has 0 unspecified atom stereocenters. The molecule has 0 bridgehead atoms. The van der Waals surface area contributed by atoms with Crippen LogP contribution in [-0.4, -0.2) is 26.2 Å². The van der Waals surface area contributed by atoms with Crippen molar-refractivity contribution in [1.82, 2.24) is 9.97 Å². The van der Waals surface area contributed by atoms with Crippen LogP contribution in [0.5, 0.6) is 5.75 Å². The summed E-state index contributed by atoms with van der Waals surface area (Å²) in [6.07, 6.45) is 1.26. The van der Waals surface area contributed by atoms with Crippen LogP contribution in [0.1, 0.15) is 16.1 Å². The van der Waals surface area contributed by atoms with Crippen LogP contribution >= 0.6 is 11.3 Å². The van der Waals surface area contributed by atoms with Gasteiger partial charge in [0.05, 0.1) is 21.8 Å². The molecule has 5 nitrogen and oxygen atoms in total. The van der Waals surface area contributed by atoms with Gasteiger partial charge in [0.15, 0.2) is 0 Å². The molecular weight excluding hydrogens is 216 g/mol. The Morgan fingerprint density at radius 2 is 2.33 bits per heavy atom. The molecule has 0 aliphatic rings. The predicted molar refractivity (Wildman–Crippen MR) is 55.3 cm³/mol. The Hall–Kier alpha value is -1.82. The minimum absolute atomic E-state index is 0.109. The van der Waals surface area contributed by atoms with Gasteiger partial charge in [0, 0.05) is 6.20 Å². The first kappa shape index (κ1) is 9.72. The average molecular weight is 224 g/mol. The first-order valence-electron chi connectivity index (χ1n) is 4.15. The number of carboxylic acids is 1. The van der Waals surface area contributed by atoms with Gasteiger partial charge in [-0.2, -0.15) is 0 Å². The van der Waals surface area contributed by atoms with Gasteiger partial charge in [0.2, 0.25) is 0 Å². The van der Waals surface area contributed by atoms with Gasteiger partial charge in [-0.15, -0.1) is 11.3 Å². The van der Waals surface area contributed by atoms with Crippen LogP contribution in [0, 0.1) is 6.92 Å². The fourth-order valence-corrected chi connectivity index (χ4v) is 2.17. The van der Waals surface area contributed by atoms with Crippen molar-refractivity contribution in [2.75, 3.05) is 0 Å². The smallest absolute Gasteiger partial charge is 0.341 e. The number of carbonyl (C=O) groups is 1. The summed E-state index contributed by atoms with van der Waals surface area (Å²) in [6, 6.07) is 0. The highest BCUT2D eigenvalue weighted by Crippen LogP contribution is 2.33. The molecule has 0 amide bonds. The SMILES string of the molecule is Cc1ncsc1-c1[nH]cc(O)c1C(=O)O. The molecule has 0 aliphatic heterocycles. The number of aromatic hydroxyl groups is 1. The van der Waals surface area contributed by atoms with Crippen LogP contribution in [-0.2, 0) is 0 Å². The van der Waals surface area contributed by atoms with E-state index in [9.17, 15) is 9.90 Å². The van der Waals surface area contributed by atoms with Gasteiger partial charge in [-0.05, 0) is 6.92 Å². The molecule has 2 aromatic rings. The number of H-pyrrole nitrogens is 1. The summed E-state index contributed by atoms with van der Waals surface area (Å²) in [5, 5.41) is 18.3. The number of hydrogen-bond acceptors (Lipinski definition) is 4. The summed E-state index contributed by atoms with van der Waals surface area (Å²) in [6.45, 7) is 1.79. The number of rotatable bonds is 2. The maximum Gasteiger partial charge on any atom is 0.341 e. The van der Waals surface area contributed by atoms with Crippen LogP contribution in [0.4, 0.5) is 0 Å². The van der Waals surface area contributed by atoms with E-state index in [4.69, 9.17) is 5.11 Å². The van der Waals surface area contributed by atoms with Gasteiger partial charge < -0.3 is 15.2 Å². The zero-order valence-electron chi connectivity index (χ0n) is 7.81. The van der Waals surface area contributed by atoms with Crippen molar-refractivity contribution in [3.63, 3.8) is 0 Å². The van der Waals surface area contributed by atoms with Gasteiger partial charge in [0.25, 0.3) is 0 Å². The van der Waals surface area contributed by atoms with Gasteiger partial charge in [-0.25, -0.2) is 9.78 Å². The third-order valence-corrected chi connectivity index (χ3v) is 2.99. The highest BCUT2D eigenvalue weighted by molar-refractivity contribution is 7.13. The number of nitrogens with one attached hydrogen (secondary N) is 1. The zero-order chi connectivity index (χ0) is 11.0. The van der Waals surface area contributed by atoms with E-state index < -0.39 is 5.97 Å². The van der Waals surface area contributed by atoms with Crippen molar-refractivity contribution < 1.29 is 15.0 Å². The van der Waals surface area contributed by atoms with E-state index in [-0.39, 0.29) is 11.3 Å². The van der Waals surface area contributed by atoms with Crippen LogP contribution in [0.3, 0.4) is 0 Å². The van der Waals surface area contributed by atoms with Gasteiger partial charge in [-0.3, -0.25) is 0 Å². The lowest BCUT2D eigenvalue weighted by Crippen LogP contribution is -1.97. The zero-order valence-corrected chi connectivity index (χ0v) is 8.63. The molecule has 2 aromatic heterocycles. The first-order valence-corrected chi connectivity index (χ1v) is 5.03. The molecule has 0 spiro atoms. The Kier molecular flexibility index (Phi) is 2.20. The summed E-state index contributed by atoms with van der Waals surface area (Å²) < 4.78 is 0. The third-order valence-electron chi connectivity index (χ3n) is 2.05. The Bertz CT molecular complexity index is 515. The molecule has 6 heteroatoms. The maximum absolute atomic E-state index is 10.9. The molecule has 15 heavy (non-hydrogen) atoms. The molecule has 3 N–H and O–H groups in total. The largest absolute Gasteiger partial charge is 0.505 e. The summed E-state index contributed by atoms with van der Waals surface area (Å²) in [4.78, 5) is 18.4. The van der Waals surface area contributed by atoms with Crippen molar-refractivity contribution in [1.29, 1.82) is 0 Å². The van der Waals surface area contributed by atoms with E-state index in [1.54, 1.807) is 12.4 Å². The molecule has 0 saturated heterocycles. The van der Waals surface area contributed by atoms with Crippen molar-refractivity contribution in [2.24, 2.45) is 0 Å². The van der Waals surface area contributed by atoms with Crippen molar-refractivity contribution in [3.8, 4) is 16.3 Å². The molecule has 78 valence electrons. The molecule has 2 heterocycles. The third kappa shape index (κ3) is 1.48. The van der Waals surface area contributed by atoms with E-state index in [1.807, 2.05) is 0 Å². The number of nitrogens with zero attached hydrogens (tertiary/aromatic N) is 1. The molecular formula is C9H8N2O3S. The monoisotopic (exact) mass is 224 g/mol. The van der Waals surface area contributed by atoms with Crippen molar-refractivity contribution in [3.05, 3.63) is 23.0 Å². The van der Waals surface area contributed by atoms with Crippen LogP contribution in [0.25, 0.3) is 10.6 Å². The standard InChI is InChI=1S/C9H8N2O3S/c1-4-8(15-3-11-4)7-6(9(13)14)5(12)2-10-7/h2-3,10,12H,1H3,(H,13,14). The Balaban J connectivity index is 2.64. The number of aromatic amines is 1. The number of aryl methyl sites for hydroxylation is 1. The molecule has 2 rings (SSSR count). The Morgan fingerprint density at radius 3 is 2.87 bits per heavy atom. The molecule has 0 saturated carbocycles. The van der Waals surface area contributed by atoms with Crippen LogP contribution in [0.2, 0.25) is 0 Å². The minimum Gasteiger partial charge on any atom is -0.505 e. The van der Waals surface area contributed by atoms with Crippen molar-refractivity contribution in [2.45, 2.75) is 6.92 Å². The predicted octanol–water partition coefficient (Wildman–Crippen LogP) is 1.85. The summed E-state index contributed by atoms with van der Waals surface area (Å²) in [5.74, 6) is -1.41. The fraction of sp³-hybridized carbons (Fsp3) is 0.111. The van der Waals surface area contributed by atoms with E-state index in [0.29, 0.717) is 5.69 Å². The lowest BCUT2D eigenvalue weighted by Gasteiger charge is -1.98. The quantitative estimate of drug-likeness (QED) is 0.726. The van der Waals surface area contributed by atoms with E-state index >= 15 is 0 Å². The van der Waals surface area contributed by atoms with Crippen LogP contribution < -0.4 is 0 Å². The highest BCUT2D eigenvalue weighted by Gasteiger charge is 2.20. The molecule has 0 aliphatic carbocycles. The van der Waals surface area contributed by atoms with E-state index in [1.165, 1.54) is 17.5 Å². The number of carboxylic acid groups (broad SMARTS) is 1. The van der Waals surface area contributed by atoms with E-state index in [0.717, 1.165) is 10.6 Å². The van der Waals surface area contributed by atoms with Crippen LogP contribution in [0.15, 0.2) is 11.7 Å². The second-order valence-corrected chi connectivity index (χ2v) is 3.85. The lowest BCUT2D eigenvalue weighted by atomic mass is 10.2. The number of aromatic nitrogens is 2.